The van der Waals surface area contributed by atoms with E-state index in [9.17, 15) is 21.2 Å². The van der Waals surface area contributed by atoms with Crippen molar-refractivity contribution >= 4 is 29.8 Å². The zero-order chi connectivity index (χ0) is 14.3. The van der Waals surface area contributed by atoms with Crippen LogP contribution < -0.4 is 0 Å². The van der Waals surface area contributed by atoms with E-state index in [1.807, 2.05) is 0 Å². The summed E-state index contributed by atoms with van der Waals surface area (Å²) in [5.74, 6) is -1.12. The monoisotopic (exact) mass is 327 g/mol. The lowest BCUT2D eigenvalue weighted by Gasteiger charge is -2.16. The molecule has 9 heteroatoms. The van der Waals surface area contributed by atoms with Crippen molar-refractivity contribution in [2.45, 2.75) is 22.6 Å². The van der Waals surface area contributed by atoms with E-state index in [4.69, 9.17) is 10.7 Å². The van der Waals surface area contributed by atoms with Gasteiger partial charge < -0.3 is 0 Å². The molecule has 1 fully saturated rings. The van der Waals surface area contributed by atoms with Crippen molar-refractivity contribution < 1.29 is 21.2 Å². The summed E-state index contributed by atoms with van der Waals surface area (Å²) in [7, 11) is -2.92. The summed E-state index contributed by atoms with van der Waals surface area (Å²) in [6.07, 6.45) is 1.46. The predicted octanol–water partition coefficient (Wildman–Crippen LogP) is 1.54. The molecule has 5 nitrogen and oxygen atoms in total. The molecule has 0 unspecified atom stereocenters. The smallest absolute Gasteiger partial charge is 0.207 e. The van der Waals surface area contributed by atoms with E-state index in [1.165, 1.54) is 4.31 Å². The van der Waals surface area contributed by atoms with Crippen molar-refractivity contribution in [3.05, 3.63) is 24.0 Å². The molecule has 0 aromatic heterocycles. The van der Waals surface area contributed by atoms with Crippen molar-refractivity contribution in [2.75, 3.05) is 13.1 Å². The Bertz CT molecular complexity index is 696. The van der Waals surface area contributed by atoms with Crippen molar-refractivity contribution in [1.82, 2.24) is 4.31 Å². The van der Waals surface area contributed by atoms with Gasteiger partial charge in [0.1, 0.15) is 10.7 Å². The van der Waals surface area contributed by atoms with E-state index in [2.05, 4.69) is 0 Å². The second kappa shape index (κ2) is 5.01. The van der Waals surface area contributed by atoms with Crippen molar-refractivity contribution in [2.24, 2.45) is 0 Å². The topological polar surface area (TPSA) is 71.5 Å². The highest BCUT2D eigenvalue weighted by Gasteiger charge is 2.30. The van der Waals surface area contributed by atoms with Crippen LogP contribution in [0.5, 0.6) is 0 Å². The molecule has 1 saturated heterocycles. The molecule has 1 aromatic rings. The first kappa shape index (κ1) is 14.7. The van der Waals surface area contributed by atoms with E-state index in [0.717, 1.165) is 25.0 Å². The van der Waals surface area contributed by atoms with Crippen molar-refractivity contribution in [3.8, 4) is 0 Å². The second-order valence-electron chi connectivity index (χ2n) is 4.14. The van der Waals surface area contributed by atoms with Crippen LogP contribution in [0.15, 0.2) is 28.0 Å². The molecular formula is C10H11ClFNO4S2. The third kappa shape index (κ3) is 2.91. The van der Waals surface area contributed by atoms with Gasteiger partial charge >= 0.3 is 0 Å². The molecule has 0 saturated carbocycles. The number of benzene rings is 1. The Morgan fingerprint density at radius 2 is 1.68 bits per heavy atom. The Balaban J connectivity index is 2.47. The molecule has 1 aliphatic heterocycles. The third-order valence-corrected chi connectivity index (χ3v) is 6.15. The Hall–Kier alpha value is -0.700. The molecule has 106 valence electrons. The van der Waals surface area contributed by atoms with Gasteiger partial charge in [0, 0.05) is 23.8 Å². The minimum Gasteiger partial charge on any atom is -0.207 e. The molecule has 1 heterocycles. The van der Waals surface area contributed by atoms with E-state index in [1.54, 1.807) is 0 Å². The molecule has 0 amide bonds. The van der Waals surface area contributed by atoms with Gasteiger partial charge in [-0.1, -0.05) is 0 Å². The summed E-state index contributed by atoms with van der Waals surface area (Å²) >= 11 is 0. The fourth-order valence-corrected chi connectivity index (χ4v) is 4.24. The van der Waals surface area contributed by atoms with Gasteiger partial charge in [-0.2, -0.15) is 4.31 Å². The summed E-state index contributed by atoms with van der Waals surface area (Å²) < 4.78 is 61.3. The highest BCUT2D eigenvalue weighted by atomic mass is 35.7. The lowest BCUT2D eigenvalue weighted by molar-refractivity contribution is 0.469. The first-order valence-electron chi connectivity index (χ1n) is 5.47. The normalized spacial score (nSPS) is 17.8. The minimum atomic E-state index is -4.08. The summed E-state index contributed by atoms with van der Waals surface area (Å²) in [5.41, 5.74) is 0. The van der Waals surface area contributed by atoms with Crippen LogP contribution in [0.4, 0.5) is 4.39 Å². The third-order valence-electron chi connectivity index (χ3n) is 2.87. The molecule has 1 aliphatic rings. The number of hydrogen-bond donors (Lipinski definition) is 0. The Labute approximate surface area is 115 Å². The molecule has 0 N–H and O–H groups in total. The summed E-state index contributed by atoms with van der Waals surface area (Å²) in [6.45, 7) is 0.689. The van der Waals surface area contributed by atoms with Crippen molar-refractivity contribution in [3.63, 3.8) is 0 Å². The first-order chi connectivity index (χ1) is 8.73. The number of sulfonamides is 1. The van der Waals surface area contributed by atoms with Crippen LogP contribution in [0.3, 0.4) is 0 Å². The summed E-state index contributed by atoms with van der Waals surface area (Å²) in [5, 5.41) is 0. The van der Waals surface area contributed by atoms with Crippen LogP contribution in [-0.4, -0.2) is 34.2 Å². The van der Waals surface area contributed by atoms with Crippen LogP contribution >= 0.6 is 10.7 Å². The molecule has 2 rings (SSSR count). The lowest BCUT2D eigenvalue weighted by atomic mass is 10.3. The van der Waals surface area contributed by atoms with E-state index in [0.29, 0.717) is 19.2 Å². The maximum atomic E-state index is 13.8. The largest absolute Gasteiger partial charge is 0.261 e. The number of rotatable bonds is 3. The van der Waals surface area contributed by atoms with E-state index >= 15 is 0 Å². The van der Waals surface area contributed by atoms with Gasteiger partial charge in [-0.15, -0.1) is 0 Å². The fourth-order valence-electron chi connectivity index (χ4n) is 1.91. The second-order valence-corrected chi connectivity index (χ2v) is 8.61. The standard InChI is InChI=1S/C10H11ClFNO4S2/c11-18(14,15)8-3-4-10(9(12)7-8)19(16,17)13-5-1-2-6-13/h3-4,7H,1-2,5-6H2. The van der Waals surface area contributed by atoms with Gasteiger partial charge in [-0.3, -0.25) is 0 Å². The van der Waals surface area contributed by atoms with Gasteiger partial charge in [0.15, 0.2) is 0 Å². The average Bonchev–Trinajstić information content (AvgIpc) is 2.81. The molecule has 0 atom stereocenters. The minimum absolute atomic E-state index is 0.345. The Morgan fingerprint density at radius 3 is 2.16 bits per heavy atom. The van der Waals surface area contributed by atoms with Gasteiger partial charge in [-0.25, -0.2) is 21.2 Å². The molecular weight excluding hydrogens is 317 g/mol. The van der Waals surface area contributed by atoms with Crippen LogP contribution in [0, 0.1) is 5.82 Å². The number of hydrogen-bond acceptors (Lipinski definition) is 4. The zero-order valence-electron chi connectivity index (χ0n) is 9.71. The molecule has 0 aliphatic carbocycles. The van der Waals surface area contributed by atoms with Gasteiger partial charge in [-0.05, 0) is 31.0 Å². The summed E-state index contributed by atoms with van der Waals surface area (Å²) in [6, 6.07) is 2.53. The predicted molar refractivity (Wildman–Crippen MR) is 67.4 cm³/mol. The van der Waals surface area contributed by atoms with Crippen LogP contribution in [-0.2, 0) is 19.1 Å². The SMILES string of the molecule is O=S(=O)(Cl)c1ccc(S(=O)(=O)N2CCCC2)c(F)c1. The van der Waals surface area contributed by atoms with Crippen LogP contribution in [0.25, 0.3) is 0 Å². The van der Waals surface area contributed by atoms with E-state index in [-0.39, 0.29) is 0 Å². The molecule has 0 radical (unpaired) electrons. The number of nitrogens with zero attached hydrogens (tertiary/aromatic N) is 1. The van der Waals surface area contributed by atoms with Gasteiger partial charge in [0.2, 0.25) is 10.0 Å². The molecule has 0 bridgehead atoms. The molecule has 0 spiro atoms. The quantitative estimate of drug-likeness (QED) is 0.789. The summed E-state index contributed by atoms with van der Waals surface area (Å²) in [4.78, 5) is -0.995. The van der Waals surface area contributed by atoms with Crippen molar-refractivity contribution in [1.29, 1.82) is 0 Å². The lowest BCUT2D eigenvalue weighted by Crippen LogP contribution is -2.28. The molecule has 19 heavy (non-hydrogen) atoms. The molecule has 1 aromatic carbocycles. The fraction of sp³-hybridized carbons (Fsp3) is 0.400. The highest BCUT2D eigenvalue weighted by Crippen LogP contribution is 2.26. The Morgan fingerprint density at radius 1 is 1.11 bits per heavy atom. The zero-order valence-corrected chi connectivity index (χ0v) is 12.1. The maximum Gasteiger partial charge on any atom is 0.261 e. The highest BCUT2D eigenvalue weighted by molar-refractivity contribution is 8.13. The van der Waals surface area contributed by atoms with Gasteiger partial charge in [0.05, 0.1) is 4.90 Å². The van der Waals surface area contributed by atoms with Gasteiger partial charge in [0.25, 0.3) is 9.05 Å². The maximum absolute atomic E-state index is 13.8. The van der Waals surface area contributed by atoms with E-state index < -0.39 is 34.7 Å². The average molecular weight is 328 g/mol. The van der Waals surface area contributed by atoms with Crippen LogP contribution in [0.1, 0.15) is 12.8 Å². The first-order valence-corrected chi connectivity index (χ1v) is 9.22. The number of halogens is 2. The van der Waals surface area contributed by atoms with Crippen LogP contribution in [0.2, 0.25) is 0 Å². The Kier molecular flexibility index (Phi) is 3.87.